The summed E-state index contributed by atoms with van der Waals surface area (Å²) in [5, 5.41) is 0. The monoisotopic (exact) mass is 392 g/mol. The van der Waals surface area contributed by atoms with E-state index in [-0.39, 0.29) is 17.7 Å². The Kier molecular flexibility index (Phi) is 5.95. The molecule has 2 aliphatic rings. The van der Waals surface area contributed by atoms with E-state index < -0.39 is 0 Å². The molecular formula is C24H28N2O3. The van der Waals surface area contributed by atoms with E-state index in [1.54, 1.807) is 0 Å². The van der Waals surface area contributed by atoms with Crippen LogP contribution in [-0.4, -0.2) is 43.0 Å². The predicted molar refractivity (Wildman–Crippen MR) is 113 cm³/mol. The molecule has 152 valence electrons. The van der Waals surface area contributed by atoms with Crippen molar-refractivity contribution in [1.29, 1.82) is 0 Å². The van der Waals surface area contributed by atoms with Gasteiger partial charge in [0.05, 0.1) is 26.2 Å². The van der Waals surface area contributed by atoms with E-state index >= 15 is 0 Å². The lowest BCUT2D eigenvalue weighted by molar-refractivity contribution is -0.134. The third-order valence-electron chi connectivity index (χ3n) is 5.60. The quantitative estimate of drug-likeness (QED) is 0.758. The molecule has 2 fully saturated rings. The molecule has 0 spiro atoms. The Hall–Kier alpha value is -2.66. The maximum Gasteiger partial charge on any atom is 0.230 e. The molecule has 1 aliphatic heterocycles. The molecule has 1 heterocycles. The van der Waals surface area contributed by atoms with Gasteiger partial charge in [-0.1, -0.05) is 42.0 Å². The number of nitrogens with zero attached hydrogens (tertiary/aromatic N) is 2. The summed E-state index contributed by atoms with van der Waals surface area (Å²) in [7, 11) is 0. The van der Waals surface area contributed by atoms with Gasteiger partial charge in [0.1, 0.15) is 0 Å². The number of benzene rings is 2. The predicted octanol–water partition coefficient (Wildman–Crippen LogP) is 3.34. The minimum atomic E-state index is 0.115. The molecule has 2 aromatic carbocycles. The molecule has 4 rings (SSSR count). The van der Waals surface area contributed by atoms with Gasteiger partial charge < -0.3 is 14.5 Å². The van der Waals surface area contributed by atoms with Gasteiger partial charge in [0, 0.05) is 24.7 Å². The van der Waals surface area contributed by atoms with Crippen LogP contribution in [0.5, 0.6) is 0 Å². The number of aryl methyl sites for hydroxylation is 1. The van der Waals surface area contributed by atoms with E-state index in [1.807, 2.05) is 34.1 Å². The number of amides is 2. The van der Waals surface area contributed by atoms with Gasteiger partial charge in [-0.25, -0.2) is 0 Å². The standard InChI is InChI=1S/C24H28N2O3/c1-18-5-7-19(8-6-18)17-26(24(28)21-9-10-21)22-4-2-3-20(15-22)16-23(27)25-11-13-29-14-12-25/h2-8,15,21H,9-14,16-17H2,1H3. The van der Waals surface area contributed by atoms with Gasteiger partial charge in [0.15, 0.2) is 0 Å². The maximum atomic E-state index is 13.0. The third-order valence-corrected chi connectivity index (χ3v) is 5.60. The number of carbonyl (C=O) groups is 2. The first-order valence-electron chi connectivity index (χ1n) is 10.4. The summed E-state index contributed by atoms with van der Waals surface area (Å²) in [6.07, 6.45) is 2.29. The number of hydrogen-bond donors (Lipinski definition) is 0. The van der Waals surface area contributed by atoms with Crippen LogP contribution in [0.25, 0.3) is 0 Å². The average Bonchev–Trinajstić information content (AvgIpc) is 3.59. The summed E-state index contributed by atoms with van der Waals surface area (Å²) in [6, 6.07) is 16.2. The molecule has 0 aromatic heterocycles. The van der Waals surface area contributed by atoms with E-state index in [0.29, 0.717) is 39.3 Å². The Morgan fingerprint density at radius 3 is 2.45 bits per heavy atom. The Morgan fingerprint density at radius 1 is 1.03 bits per heavy atom. The molecule has 0 atom stereocenters. The second kappa shape index (κ2) is 8.78. The van der Waals surface area contributed by atoms with Crippen molar-refractivity contribution >= 4 is 17.5 Å². The van der Waals surface area contributed by atoms with Crippen LogP contribution in [0.15, 0.2) is 48.5 Å². The minimum absolute atomic E-state index is 0.115. The third kappa shape index (κ3) is 5.04. The van der Waals surface area contributed by atoms with Crippen molar-refractivity contribution in [2.24, 2.45) is 5.92 Å². The molecule has 2 amide bonds. The first-order valence-corrected chi connectivity index (χ1v) is 10.4. The molecule has 1 saturated heterocycles. The van der Waals surface area contributed by atoms with E-state index in [2.05, 4.69) is 31.2 Å². The normalized spacial score (nSPS) is 16.5. The number of ether oxygens (including phenoxy) is 1. The molecule has 2 aromatic rings. The topological polar surface area (TPSA) is 49.9 Å². The van der Waals surface area contributed by atoms with Crippen LogP contribution in [0.2, 0.25) is 0 Å². The number of hydrogen-bond acceptors (Lipinski definition) is 3. The fourth-order valence-corrected chi connectivity index (χ4v) is 3.66. The van der Waals surface area contributed by atoms with Gasteiger partial charge in [-0.2, -0.15) is 0 Å². The minimum Gasteiger partial charge on any atom is -0.378 e. The average molecular weight is 392 g/mol. The lowest BCUT2D eigenvalue weighted by atomic mass is 10.1. The van der Waals surface area contributed by atoms with E-state index in [1.165, 1.54) is 5.56 Å². The fourth-order valence-electron chi connectivity index (χ4n) is 3.66. The Morgan fingerprint density at radius 2 is 1.76 bits per heavy atom. The van der Waals surface area contributed by atoms with Crippen LogP contribution in [0, 0.1) is 12.8 Å². The van der Waals surface area contributed by atoms with E-state index in [4.69, 9.17) is 4.74 Å². The van der Waals surface area contributed by atoms with Gasteiger partial charge in [-0.05, 0) is 43.0 Å². The lowest BCUT2D eigenvalue weighted by Gasteiger charge is -2.27. The van der Waals surface area contributed by atoms with Crippen LogP contribution in [0.4, 0.5) is 5.69 Å². The SMILES string of the molecule is Cc1ccc(CN(C(=O)C2CC2)c2cccc(CC(=O)N3CCOCC3)c2)cc1. The lowest BCUT2D eigenvalue weighted by Crippen LogP contribution is -2.41. The molecule has 1 saturated carbocycles. The zero-order valence-electron chi connectivity index (χ0n) is 17.0. The summed E-state index contributed by atoms with van der Waals surface area (Å²) in [5.41, 5.74) is 4.13. The zero-order chi connectivity index (χ0) is 20.2. The molecule has 5 heteroatoms. The van der Waals surface area contributed by atoms with Crippen molar-refractivity contribution in [3.05, 3.63) is 65.2 Å². The molecule has 0 unspecified atom stereocenters. The smallest absolute Gasteiger partial charge is 0.230 e. The summed E-state index contributed by atoms with van der Waals surface area (Å²) in [5.74, 6) is 0.436. The van der Waals surface area contributed by atoms with E-state index in [9.17, 15) is 9.59 Å². The molecule has 29 heavy (non-hydrogen) atoms. The fraction of sp³-hybridized carbons (Fsp3) is 0.417. The highest BCUT2D eigenvalue weighted by molar-refractivity contribution is 5.96. The molecule has 1 aliphatic carbocycles. The van der Waals surface area contributed by atoms with Crippen molar-refractivity contribution in [3.63, 3.8) is 0 Å². The van der Waals surface area contributed by atoms with E-state index in [0.717, 1.165) is 29.7 Å². The summed E-state index contributed by atoms with van der Waals surface area (Å²) >= 11 is 0. The van der Waals surface area contributed by atoms with Crippen molar-refractivity contribution < 1.29 is 14.3 Å². The number of morpholine rings is 1. The van der Waals surface area contributed by atoms with Gasteiger partial charge in [-0.15, -0.1) is 0 Å². The highest BCUT2D eigenvalue weighted by Crippen LogP contribution is 2.34. The van der Waals surface area contributed by atoms with Crippen LogP contribution in [0.3, 0.4) is 0 Å². The summed E-state index contributed by atoms with van der Waals surface area (Å²) in [6.45, 7) is 5.12. The van der Waals surface area contributed by atoms with Gasteiger partial charge in [-0.3, -0.25) is 9.59 Å². The number of anilines is 1. The van der Waals surface area contributed by atoms with Crippen LogP contribution in [-0.2, 0) is 27.3 Å². The van der Waals surface area contributed by atoms with Gasteiger partial charge >= 0.3 is 0 Å². The van der Waals surface area contributed by atoms with Crippen LogP contribution in [0.1, 0.15) is 29.5 Å². The van der Waals surface area contributed by atoms with Crippen molar-refractivity contribution in [2.75, 3.05) is 31.2 Å². The molecule has 5 nitrogen and oxygen atoms in total. The van der Waals surface area contributed by atoms with Gasteiger partial charge in [0.2, 0.25) is 11.8 Å². The summed E-state index contributed by atoms with van der Waals surface area (Å²) < 4.78 is 5.33. The first kappa shape index (κ1) is 19.6. The molecule has 0 N–H and O–H groups in total. The summed E-state index contributed by atoms with van der Waals surface area (Å²) in [4.78, 5) is 29.3. The second-order valence-electron chi connectivity index (χ2n) is 8.02. The molecule has 0 radical (unpaired) electrons. The second-order valence-corrected chi connectivity index (χ2v) is 8.02. The van der Waals surface area contributed by atoms with Gasteiger partial charge in [0.25, 0.3) is 0 Å². The van der Waals surface area contributed by atoms with Crippen molar-refractivity contribution in [2.45, 2.75) is 32.7 Å². The maximum absolute atomic E-state index is 13.0. The highest BCUT2D eigenvalue weighted by atomic mass is 16.5. The van der Waals surface area contributed by atoms with Crippen molar-refractivity contribution in [3.8, 4) is 0 Å². The Bertz CT molecular complexity index is 868. The first-order chi connectivity index (χ1) is 14.1. The zero-order valence-corrected chi connectivity index (χ0v) is 17.0. The van der Waals surface area contributed by atoms with Crippen molar-refractivity contribution in [1.82, 2.24) is 4.90 Å². The highest BCUT2D eigenvalue weighted by Gasteiger charge is 2.34. The number of rotatable bonds is 6. The Balaban J connectivity index is 1.52. The van der Waals surface area contributed by atoms with Crippen LogP contribution < -0.4 is 4.90 Å². The molecular weight excluding hydrogens is 364 g/mol. The largest absolute Gasteiger partial charge is 0.378 e. The Labute approximate surface area is 172 Å². The van der Waals surface area contributed by atoms with Crippen LogP contribution >= 0.6 is 0 Å². The molecule has 0 bridgehead atoms. The number of carbonyl (C=O) groups excluding carboxylic acids is 2.